The zero-order chi connectivity index (χ0) is 96.3. The number of pyridine rings is 5. The van der Waals surface area contributed by atoms with Crippen LogP contribution in [0.5, 0.6) is 23.5 Å². The molecular formula is C67H68F13N15Na2O30S2. The van der Waals surface area contributed by atoms with Crippen LogP contribution in [0.4, 0.5) is 85.0 Å². The average molecular weight is 1920 g/mol. The minimum atomic E-state index is -6.33. The number of hydrogen-bond acceptors (Lipinski definition) is 35. The van der Waals surface area contributed by atoms with Gasteiger partial charge in [0, 0.05) is 35.6 Å². The van der Waals surface area contributed by atoms with Gasteiger partial charge in [0.15, 0.2) is 0 Å². The van der Waals surface area contributed by atoms with Crippen molar-refractivity contribution in [3.8, 4) is 23.5 Å². The van der Waals surface area contributed by atoms with Gasteiger partial charge in [-0.3, -0.25) is 57.4 Å². The van der Waals surface area contributed by atoms with Gasteiger partial charge < -0.3 is 102 Å². The molecule has 5 aromatic heterocycles. The summed E-state index contributed by atoms with van der Waals surface area (Å²) in [6.07, 6.45) is 7.81. The summed E-state index contributed by atoms with van der Waals surface area (Å²) < 4.78 is 238. The molecule has 696 valence electrons. The van der Waals surface area contributed by atoms with Crippen molar-refractivity contribution < 1.29 is 243 Å². The van der Waals surface area contributed by atoms with Crippen LogP contribution in [0.15, 0.2) is 115 Å². The Balaban J connectivity index is 0. The molecule has 2 saturated heterocycles. The number of nitrogens with zero attached hydrogens (tertiary/aromatic N) is 8. The van der Waals surface area contributed by atoms with E-state index in [4.69, 9.17) is 50.7 Å². The number of alkyl halides is 10. The number of nitrogens with two attached hydrogens (primary N) is 4. The molecule has 2 fully saturated rings. The molecule has 2 aromatic carbocycles. The Labute approximate surface area is 759 Å². The van der Waals surface area contributed by atoms with E-state index >= 15 is 0 Å². The molecule has 0 radical (unpaired) electrons. The number of piperidine rings is 2. The standard InChI is InChI=1S/C21H21F3N4O4.C14H16FNO3.C8H6F2N2O5.C8H8F2N2O3.C7H7F2N3O2.C7H6N2O5.C2HF3O4S.H3N.2Na.H2O4S/c1-11-2-7-16(12-3-5-13(22)6-4-12)28(10-11)20(31)18(30)27-14-8-15(17(25)29)19(26-9-14)32-21(23)24;1-9-2-7-12(10-3-5-11(15)6-4-10)16(8-9)13(17)14(18)19;1-16-7(13)5-2-4(12(14)15)3-11-6(5)17-8(9)10;1-14-7(13)5-2-4(11)3-12-6(5)15-8(9)10;8-7(9)14-6-4(5(11)13)1-3(10)2-12-6;1-14-7(11)5-2-4(9(12)13)3-8-6(5)10;3-2(4,1(6)7)10(5,8)9;;;;1-5(2,3)4/h3-6,8-9,11,16,21H,2,7,10H2,1H3,(H2,25,29)(H,27,30);3-6,9,12H,2,7-8H2,1H3,(H,18,19);2-3,8H,1H3;2-3,8H,11H2,1H3;1-2,7H,10H2,(H2,11,13);2-3H,1H3,(H,8,10);(H,6,7);1H3;;;(H2,1,2,3,4)/q;;;;;;;;2*+1;/p-2/t11-,16+;;;;;;;;;;/m1........../s1. The first kappa shape index (κ1) is 118. The van der Waals surface area contributed by atoms with Gasteiger partial charge in [-0.05, 0) is 91.1 Å². The SMILES string of the molecule is CC1CCC(c2ccc(F)cc2)N(C(=O)C(=O)O)C1.COC(=O)c1cc(N)cnc1OC(F)F.COC(=O)c1cc([N+](=O)[O-])c[nH]c1=O.COC(=O)c1cc([N+](=O)[O-])cnc1OC(F)F.C[C@@H]1CC[C@@H](c2ccc(F)cc2)N(C(=O)C(=O)Nc2cnc(OC(F)F)c(C(N)=O)c2)C1.N.NC(=O)c1cc(N)cnc1OC(F)F.O=C(O)C(F)(F)S(=O)(=O)F.O=S(=O)([O-])[O-].[Na+].[Na+]. The second kappa shape index (κ2) is 55.0. The van der Waals surface area contributed by atoms with Crippen LogP contribution in [-0.4, -0.2) is 206 Å². The number of carbonyl (C=O) groups is 10. The number of aromatic amines is 1. The quantitative estimate of drug-likeness (QED) is 0.00485. The van der Waals surface area contributed by atoms with Crippen molar-refractivity contribution in [2.75, 3.05) is 51.2 Å². The molecule has 5 amide bonds. The van der Waals surface area contributed by atoms with E-state index in [0.29, 0.717) is 37.7 Å². The maximum absolute atomic E-state index is 13.3. The molecule has 0 bridgehead atoms. The second-order valence-corrected chi connectivity index (χ2v) is 26.2. The normalized spacial score (nSPS) is 14.1. The number of hydrogen-bond donors (Lipinski definition) is 9. The molecule has 0 spiro atoms. The molecule has 7 aromatic rings. The van der Waals surface area contributed by atoms with Crippen molar-refractivity contribution >= 4 is 108 Å². The van der Waals surface area contributed by atoms with Crippen LogP contribution in [-0.2, 0) is 58.8 Å². The number of methoxy groups -OCH3 is 3. The molecule has 0 saturated carbocycles. The van der Waals surface area contributed by atoms with Gasteiger partial charge in [0.05, 0.1) is 85.1 Å². The topological polar surface area (TPSA) is 718 Å². The van der Waals surface area contributed by atoms with E-state index in [2.05, 4.69) is 63.4 Å². The number of likely N-dealkylation sites (tertiary alicyclic amines) is 2. The van der Waals surface area contributed by atoms with Crippen LogP contribution in [0.25, 0.3) is 0 Å². The van der Waals surface area contributed by atoms with Gasteiger partial charge in [-0.2, -0.15) is 52.3 Å². The van der Waals surface area contributed by atoms with Crippen LogP contribution in [0, 0.1) is 43.7 Å². The fourth-order valence-electron chi connectivity index (χ4n) is 9.78. The molecule has 4 atom stereocenters. The Bertz CT molecular complexity index is 5350. The average Bonchev–Trinajstić information content (AvgIpc) is 0.787. The molecule has 15 N–H and O–H groups in total. The second-order valence-electron chi connectivity index (χ2n) is 24.0. The number of halogens is 13. The number of carboxylic acid groups (broad SMARTS) is 2. The zero-order valence-electron chi connectivity index (χ0n) is 66.9. The summed E-state index contributed by atoms with van der Waals surface area (Å²) in [6.45, 7) is -7.88. The third-order valence-corrected chi connectivity index (χ3v) is 15.9. The van der Waals surface area contributed by atoms with Crippen molar-refractivity contribution in [3.63, 3.8) is 0 Å². The van der Waals surface area contributed by atoms with E-state index in [0.717, 1.165) is 94.9 Å². The van der Waals surface area contributed by atoms with Crippen LogP contribution >= 0.6 is 0 Å². The largest absolute Gasteiger partial charge is 1.00 e. The van der Waals surface area contributed by atoms with Crippen LogP contribution < -0.4 is 118 Å². The number of aliphatic carboxylic acids is 2. The number of nitro groups is 2. The summed E-state index contributed by atoms with van der Waals surface area (Å²) in [5.41, 5.74) is 18.8. The number of rotatable bonds is 20. The predicted octanol–water partition coefficient (Wildman–Crippen LogP) is 0.728. The number of esters is 3. The predicted molar refractivity (Wildman–Crippen MR) is 397 cm³/mol. The Hall–Kier alpha value is -12.8. The van der Waals surface area contributed by atoms with E-state index in [1.54, 1.807) is 24.3 Å². The Kier molecular flexibility index (Phi) is 50.4. The molecule has 2 unspecified atom stereocenters. The van der Waals surface area contributed by atoms with Crippen LogP contribution in [0.2, 0.25) is 0 Å². The fraction of sp³-hybridized carbons (Fsp3) is 0.299. The minimum Gasteiger partial charge on any atom is -0.759 e. The van der Waals surface area contributed by atoms with Gasteiger partial charge in [0.2, 0.25) is 23.5 Å². The van der Waals surface area contributed by atoms with Gasteiger partial charge in [0.25, 0.3) is 28.7 Å². The number of aromatic nitrogens is 5. The monoisotopic (exact) mass is 1920 g/mol. The third kappa shape index (κ3) is 40.4. The number of nitrogens with one attached hydrogen (secondary N) is 2. The number of carbonyl (C=O) groups excluding carboxylic acids is 8. The molecule has 62 heteroatoms. The number of nitrogen functional groups attached to an aromatic ring is 2. The summed E-state index contributed by atoms with van der Waals surface area (Å²) in [6, 6.07) is 15.8. The Morgan fingerprint density at radius 3 is 1.20 bits per heavy atom. The summed E-state index contributed by atoms with van der Waals surface area (Å²) in [5, 5.41) is 34.0. The van der Waals surface area contributed by atoms with Gasteiger partial charge in [-0.15, -0.1) is 0 Å². The molecule has 7 heterocycles. The van der Waals surface area contributed by atoms with Crippen molar-refractivity contribution in [3.05, 3.63) is 191 Å². The maximum atomic E-state index is 13.3. The molecule has 129 heavy (non-hydrogen) atoms. The van der Waals surface area contributed by atoms with E-state index in [9.17, 15) is 138 Å². The summed E-state index contributed by atoms with van der Waals surface area (Å²) in [5.74, 6) is -14.8. The number of amides is 5. The van der Waals surface area contributed by atoms with Gasteiger partial charge in [-0.25, -0.2) is 52.7 Å². The smallest absolute Gasteiger partial charge is 0.759 e. The van der Waals surface area contributed by atoms with E-state index in [1.807, 2.05) is 13.8 Å². The number of carboxylic acids is 2. The molecule has 45 nitrogen and oxygen atoms in total. The third-order valence-electron chi connectivity index (χ3n) is 15.1. The molecular weight excluding hydrogens is 1850 g/mol. The van der Waals surface area contributed by atoms with E-state index < -0.39 is 179 Å². The molecule has 2 aliphatic rings. The van der Waals surface area contributed by atoms with Crippen LogP contribution in [0.3, 0.4) is 0 Å². The molecule has 2 aliphatic heterocycles. The molecule has 9 rings (SSSR count). The first-order valence-electron chi connectivity index (χ1n) is 33.4. The summed E-state index contributed by atoms with van der Waals surface area (Å²) in [7, 11) is -8.32. The zero-order valence-corrected chi connectivity index (χ0v) is 72.5. The first-order chi connectivity index (χ1) is 58.4. The number of benzene rings is 2. The summed E-state index contributed by atoms with van der Waals surface area (Å²) >= 11 is 0. The van der Waals surface area contributed by atoms with Crippen molar-refractivity contribution in [1.29, 1.82) is 0 Å². The van der Waals surface area contributed by atoms with Gasteiger partial charge in [0.1, 0.15) is 45.6 Å². The number of ether oxygens (including phenoxy) is 7. The minimum absolute atomic E-state index is 0. The Morgan fingerprint density at radius 1 is 0.543 bits per heavy atom. The van der Waals surface area contributed by atoms with E-state index in [1.165, 1.54) is 34.1 Å². The van der Waals surface area contributed by atoms with Crippen molar-refractivity contribution in [2.24, 2.45) is 23.3 Å². The number of primary amides is 2. The summed E-state index contributed by atoms with van der Waals surface area (Å²) in [4.78, 5) is 162. The first-order valence-corrected chi connectivity index (χ1v) is 36.2. The van der Waals surface area contributed by atoms with Crippen molar-refractivity contribution in [2.45, 2.75) is 83.3 Å². The maximum Gasteiger partial charge on any atom is 1.00 e. The van der Waals surface area contributed by atoms with Crippen LogP contribution in [0.1, 0.15) is 115 Å². The Morgan fingerprint density at radius 2 is 0.868 bits per heavy atom. The van der Waals surface area contributed by atoms with Gasteiger partial charge in [-0.1, -0.05) is 42.0 Å². The molecule has 0 aliphatic carbocycles. The van der Waals surface area contributed by atoms with E-state index in [-0.39, 0.29) is 128 Å². The number of anilines is 3. The fourth-order valence-corrected chi connectivity index (χ4v) is 9.98. The van der Waals surface area contributed by atoms with Gasteiger partial charge >= 0.3 is 149 Å². The number of H-pyrrole nitrogens is 1. The van der Waals surface area contributed by atoms with Crippen molar-refractivity contribution in [1.82, 2.24) is 40.9 Å².